The summed E-state index contributed by atoms with van der Waals surface area (Å²) < 4.78 is 0.974. The maximum absolute atomic E-state index is 9.27. The van der Waals surface area contributed by atoms with E-state index in [9.17, 15) is 10.2 Å². The molecule has 0 saturated heterocycles. The highest BCUT2D eigenvalue weighted by molar-refractivity contribution is 9.10. The summed E-state index contributed by atoms with van der Waals surface area (Å²) in [6, 6.07) is 3.86. The van der Waals surface area contributed by atoms with Crippen LogP contribution in [0.5, 0.6) is 0 Å². The van der Waals surface area contributed by atoms with E-state index in [4.69, 9.17) is 0 Å². The molecule has 1 aromatic rings. The summed E-state index contributed by atoms with van der Waals surface area (Å²) in [5.74, 6) is 0.832. The van der Waals surface area contributed by atoms with Gasteiger partial charge >= 0.3 is 0 Å². The zero-order valence-corrected chi connectivity index (χ0v) is 12.0. The van der Waals surface area contributed by atoms with Crippen molar-refractivity contribution in [1.82, 2.24) is 4.98 Å². The third-order valence-corrected chi connectivity index (χ3v) is 3.62. The number of nitrogens with zero attached hydrogens (tertiary/aromatic N) is 2. The molecule has 5 heteroatoms. The average Bonchev–Trinajstić information content (AvgIpc) is 2.32. The van der Waals surface area contributed by atoms with E-state index >= 15 is 0 Å². The lowest BCUT2D eigenvalue weighted by molar-refractivity contribution is 0.0761. The molecule has 0 atom stereocenters. The number of aliphatic hydroxyl groups is 2. The predicted molar refractivity (Wildman–Crippen MR) is 72.2 cm³/mol. The Labute approximate surface area is 110 Å². The van der Waals surface area contributed by atoms with Crippen molar-refractivity contribution in [2.75, 3.05) is 31.7 Å². The summed E-state index contributed by atoms with van der Waals surface area (Å²) in [4.78, 5) is 6.38. The quantitative estimate of drug-likeness (QED) is 0.867. The molecule has 0 fully saturated rings. The number of aryl methyl sites for hydroxylation is 1. The third kappa shape index (κ3) is 3.66. The van der Waals surface area contributed by atoms with Crippen molar-refractivity contribution >= 4 is 21.7 Å². The SMILES string of the molecule is Cc1nc(N(C)CC(C)(CO)CO)ccc1Br. The van der Waals surface area contributed by atoms with Crippen LogP contribution < -0.4 is 4.90 Å². The highest BCUT2D eigenvalue weighted by Gasteiger charge is 2.25. The van der Waals surface area contributed by atoms with E-state index in [0.717, 1.165) is 16.0 Å². The van der Waals surface area contributed by atoms with Crippen LogP contribution >= 0.6 is 15.9 Å². The largest absolute Gasteiger partial charge is 0.396 e. The van der Waals surface area contributed by atoms with Gasteiger partial charge in [-0.3, -0.25) is 0 Å². The second-order valence-corrected chi connectivity index (χ2v) is 5.57. The smallest absolute Gasteiger partial charge is 0.128 e. The van der Waals surface area contributed by atoms with Crippen LogP contribution in [0.15, 0.2) is 16.6 Å². The average molecular weight is 303 g/mol. The van der Waals surface area contributed by atoms with Crippen LogP contribution in [0.2, 0.25) is 0 Å². The minimum absolute atomic E-state index is 0.0522. The zero-order valence-electron chi connectivity index (χ0n) is 10.4. The van der Waals surface area contributed by atoms with Crippen LogP contribution in [-0.4, -0.2) is 42.0 Å². The molecule has 0 aliphatic heterocycles. The summed E-state index contributed by atoms with van der Waals surface area (Å²) in [6.07, 6.45) is 0. The maximum atomic E-state index is 9.27. The molecule has 2 N–H and O–H groups in total. The molecule has 0 unspecified atom stereocenters. The van der Waals surface area contributed by atoms with Gasteiger partial charge < -0.3 is 15.1 Å². The van der Waals surface area contributed by atoms with Crippen molar-refractivity contribution in [3.8, 4) is 0 Å². The molecule has 0 aromatic carbocycles. The number of pyridine rings is 1. The van der Waals surface area contributed by atoms with E-state index in [0.29, 0.717) is 6.54 Å². The number of aromatic nitrogens is 1. The van der Waals surface area contributed by atoms with Crippen LogP contribution in [-0.2, 0) is 0 Å². The fourth-order valence-corrected chi connectivity index (χ4v) is 1.77. The summed E-state index contributed by atoms with van der Waals surface area (Å²) in [5.41, 5.74) is 0.404. The first-order chi connectivity index (χ1) is 7.91. The second-order valence-electron chi connectivity index (χ2n) is 4.72. The Balaban J connectivity index is 2.82. The molecular weight excluding hydrogens is 284 g/mol. The predicted octanol–water partition coefficient (Wildman–Crippen LogP) is 1.58. The highest BCUT2D eigenvalue weighted by atomic mass is 79.9. The lowest BCUT2D eigenvalue weighted by atomic mass is 9.92. The fourth-order valence-electron chi connectivity index (χ4n) is 1.55. The number of anilines is 1. The van der Waals surface area contributed by atoms with E-state index in [1.165, 1.54) is 0 Å². The molecule has 0 aliphatic carbocycles. The van der Waals surface area contributed by atoms with Gasteiger partial charge in [-0.2, -0.15) is 0 Å². The minimum Gasteiger partial charge on any atom is -0.396 e. The Bertz CT molecular complexity index is 381. The molecule has 1 aromatic heterocycles. The van der Waals surface area contributed by atoms with Gasteiger partial charge in [0.25, 0.3) is 0 Å². The summed E-state index contributed by atoms with van der Waals surface area (Å²) >= 11 is 3.41. The molecule has 0 radical (unpaired) electrons. The topological polar surface area (TPSA) is 56.6 Å². The molecule has 1 rings (SSSR count). The second kappa shape index (κ2) is 5.80. The van der Waals surface area contributed by atoms with Gasteiger partial charge in [0.1, 0.15) is 5.82 Å². The number of rotatable bonds is 5. The van der Waals surface area contributed by atoms with E-state index in [2.05, 4.69) is 20.9 Å². The Morgan fingerprint density at radius 3 is 2.41 bits per heavy atom. The Morgan fingerprint density at radius 1 is 1.35 bits per heavy atom. The maximum Gasteiger partial charge on any atom is 0.128 e. The first kappa shape index (κ1) is 14.4. The van der Waals surface area contributed by atoms with E-state index < -0.39 is 5.41 Å². The Kier molecular flexibility index (Phi) is 4.91. The third-order valence-electron chi connectivity index (χ3n) is 2.78. The van der Waals surface area contributed by atoms with Gasteiger partial charge in [0.05, 0.1) is 18.9 Å². The van der Waals surface area contributed by atoms with Crippen molar-refractivity contribution in [3.63, 3.8) is 0 Å². The number of hydrogen-bond donors (Lipinski definition) is 2. The van der Waals surface area contributed by atoms with Gasteiger partial charge in [-0.25, -0.2) is 4.98 Å². The van der Waals surface area contributed by atoms with E-state index in [1.807, 2.05) is 37.9 Å². The van der Waals surface area contributed by atoms with Crippen LogP contribution in [0.4, 0.5) is 5.82 Å². The van der Waals surface area contributed by atoms with Crippen molar-refractivity contribution in [2.45, 2.75) is 13.8 Å². The first-order valence-corrected chi connectivity index (χ1v) is 6.27. The molecular formula is C12H19BrN2O2. The Morgan fingerprint density at radius 2 is 1.94 bits per heavy atom. The fraction of sp³-hybridized carbons (Fsp3) is 0.583. The van der Waals surface area contributed by atoms with Gasteiger partial charge in [0, 0.05) is 23.5 Å². The van der Waals surface area contributed by atoms with Crippen LogP contribution in [0, 0.1) is 12.3 Å². The molecule has 0 bridgehead atoms. The van der Waals surface area contributed by atoms with Crippen LogP contribution in [0.1, 0.15) is 12.6 Å². The lowest BCUT2D eigenvalue weighted by Gasteiger charge is -2.31. The van der Waals surface area contributed by atoms with Crippen LogP contribution in [0.3, 0.4) is 0 Å². The molecule has 0 saturated carbocycles. The number of aliphatic hydroxyl groups excluding tert-OH is 2. The first-order valence-electron chi connectivity index (χ1n) is 5.48. The molecule has 17 heavy (non-hydrogen) atoms. The van der Waals surface area contributed by atoms with Crippen molar-refractivity contribution in [1.29, 1.82) is 0 Å². The lowest BCUT2D eigenvalue weighted by Crippen LogP contribution is -2.39. The molecule has 0 amide bonds. The molecule has 4 nitrogen and oxygen atoms in total. The normalized spacial score (nSPS) is 11.6. The molecule has 0 aliphatic rings. The summed E-state index contributed by atoms with van der Waals surface area (Å²) in [7, 11) is 1.90. The molecule has 1 heterocycles. The summed E-state index contributed by atoms with van der Waals surface area (Å²) in [5, 5.41) is 18.5. The van der Waals surface area contributed by atoms with Gasteiger partial charge in [-0.05, 0) is 35.0 Å². The molecule has 96 valence electrons. The van der Waals surface area contributed by atoms with Crippen molar-refractivity contribution in [2.24, 2.45) is 5.41 Å². The van der Waals surface area contributed by atoms with E-state index in [-0.39, 0.29) is 13.2 Å². The Hall–Kier alpha value is -0.650. The minimum atomic E-state index is -0.516. The monoisotopic (exact) mass is 302 g/mol. The standard InChI is InChI=1S/C12H19BrN2O2/c1-9-10(13)4-5-11(14-9)15(3)6-12(2,7-16)8-17/h4-5,16-17H,6-8H2,1-3H3. The van der Waals surface area contributed by atoms with Gasteiger partial charge in [-0.15, -0.1) is 0 Å². The highest BCUT2D eigenvalue weighted by Crippen LogP contribution is 2.22. The van der Waals surface area contributed by atoms with Gasteiger partial charge in [0.2, 0.25) is 0 Å². The number of hydrogen-bond acceptors (Lipinski definition) is 4. The van der Waals surface area contributed by atoms with Crippen molar-refractivity contribution in [3.05, 3.63) is 22.3 Å². The van der Waals surface area contributed by atoms with Gasteiger partial charge in [-0.1, -0.05) is 6.92 Å². The van der Waals surface area contributed by atoms with Crippen LogP contribution in [0.25, 0.3) is 0 Å². The summed E-state index contributed by atoms with van der Waals surface area (Å²) in [6.45, 7) is 4.22. The van der Waals surface area contributed by atoms with Crippen molar-refractivity contribution < 1.29 is 10.2 Å². The van der Waals surface area contributed by atoms with Gasteiger partial charge in [0.15, 0.2) is 0 Å². The number of halogens is 1. The zero-order chi connectivity index (χ0) is 13.1. The molecule has 0 spiro atoms. The van der Waals surface area contributed by atoms with E-state index in [1.54, 1.807) is 0 Å².